The van der Waals surface area contributed by atoms with Gasteiger partial charge in [-0.05, 0) is 36.1 Å². The summed E-state index contributed by atoms with van der Waals surface area (Å²) >= 11 is 1.23. The summed E-state index contributed by atoms with van der Waals surface area (Å²) in [6.07, 6.45) is 3.23. The van der Waals surface area contributed by atoms with Crippen molar-refractivity contribution in [2.45, 2.75) is 26.2 Å². The average Bonchev–Trinajstić information content (AvgIpc) is 2.95. The molecule has 0 saturated heterocycles. The number of carbonyl (C=O) groups excluding carboxylic acids is 2. The van der Waals surface area contributed by atoms with Gasteiger partial charge in [-0.2, -0.15) is 0 Å². The van der Waals surface area contributed by atoms with Crippen LogP contribution in [0, 0.1) is 0 Å². The molecular weight excluding hydrogens is 358 g/mol. The molecular formula is C22H23NO3S. The van der Waals surface area contributed by atoms with E-state index in [0.717, 1.165) is 24.8 Å². The van der Waals surface area contributed by atoms with E-state index in [1.165, 1.54) is 22.2 Å². The number of unbranched alkanes of at least 4 members (excludes halogenated alkanes) is 1. The third-order valence-corrected chi connectivity index (χ3v) is 5.51. The molecule has 0 bridgehead atoms. The summed E-state index contributed by atoms with van der Waals surface area (Å²) in [4.78, 5) is 27.8. The van der Waals surface area contributed by atoms with E-state index in [9.17, 15) is 9.59 Å². The van der Waals surface area contributed by atoms with Gasteiger partial charge in [-0.15, -0.1) is 11.8 Å². The normalized spacial score (nSPS) is 14.4. The van der Waals surface area contributed by atoms with Gasteiger partial charge in [0.1, 0.15) is 0 Å². The summed E-state index contributed by atoms with van der Waals surface area (Å²) in [5, 5.41) is 9.17. The Morgan fingerprint density at radius 3 is 2.30 bits per heavy atom. The van der Waals surface area contributed by atoms with Crippen LogP contribution in [0.4, 0.5) is 5.69 Å². The van der Waals surface area contributed by atoms with Crippen molar-refractivity contribution in [3.05, 3.63) is 70.6 Å². The van der Waals surface area contributed by atoms with E-state index in [1.54, 1.807) is 0 Å². The van der Waals surface area contributed by atoms with Crippen molar-refractivity contribution < 1.29 is 14.7 Å². The van der Waals surface area contributed by atoms with Crippen molar-refractivity contribution in [1.29, 1.82) is 0 Å². The number of amides is 2. The number of hydrogen-bond acceptors (Lipinski definition) is 4. The van der Waals surface area contributed by atoms with Crippen LogP contribution in [0.2, 0.25) is 0 Å². The smallest absolute Gasteiger partial charge is 0.272 e. The number of benzene rings is 2. The lowest BCUT2D eigenvalue weighted by atomic mass is 10.1. The molecule has 0 atom stereocenters. The second-order valence-electron chi connectivity index (χ2n) is 6.36. The van der Waals surface area contributed by atoms with Crippen LogP contribution < -0.4 is 4.90 Å². The molecule has 0 aromatic heterocycles. The zero-order valence-electron chi connectivity index (χ0n) is 15.4. The van der Waals surface area contributed by atoms with Gasteiger partial charge in [-0.1, -0.05) is 55.8 Å². The standard InChI is InChI=1S/C22H23NO3S/c1-2-3-7-16-10-12-18(13-11-16)23-21(25)19(17-8-5-4-6-9-17)20(22(23)26)27-15-14-24/h4-6,8-13,24H,2-3,7,14-15H2,1H3. The maximum Gasteiger partial charge on any atom is 0.272 e. The Labute approximate surface area is 163 Å². The molecule has 0 unspecified atom stereocenters. The van der Waals surface area contributed by atoms with Crippen LogP contribution in [-0.2, 0) is 16.0 Å². The SMILES string of the molecule is CCCCc1ccc(N2C(=O)C(SCCO)=C(c3ccccc3)C2=O)cc1. The third-order valence-electron chi connectivity index (χ3n) is 4.46. The van der Waals surface area contributed by atoms with Gasteiger partial charge in [0.25, 0.3) is 11.8 Å². The molecule has 2 aromatic rings. The molecule has 3 rings (SSSR count). The van der Waals surface area contributed by atoms with E-state index in [0.29, 0.717) is 21.9 Å². The molecule has 140 valence electrons. The molecule has 4 nitrogen and oxygen atoms in total. The first-order valence-electron chi connectivity index (χ1n) is 9.18. The lowest BCUT2D eigenvalue weighted by Crippen LogP contribution is -2.31. The van der Waals surface area contributed by atoms with Crippen LogP contribution >= 0.6 is 11.8 Å². The highest BCUT2D eigenvalue weighted by Crippen LogP contribution is 2.38. The number of thioether (sulfide) groups is 1. The summed E-state index contributed by atoms with van der Waals surface area (Å²) in [5.74, 6) is -0.263. The van der Waals surface area contributed by atoms with Gasteiger partial charge in [0.2, 0.25) is 0 Å². The van der Waals surface area contributed by atoms with Crippen LogP contribution in [0.5, 0.6) is 0 Å². The molecule has 0 spiro atoms. The Balaban J connectivity index is 1.93. The molecule has 1 aliphatic heterocycles. The molecule has 0 aliphatic carbocycles. The summed E-state index contributed by atoms with van der Waals surface area (Å²) in [6.45, 7) is 2.10. The summed E-state index contributed by atoms with van der Waals surface area (Å²) < 4.78 is 0. The number of aryl methyl sites for hydroxylation is 1. The minimum absolute atomic E-state index is 0.0518. The van der Waals surface area contributed by atoms with Crippen molar-refractivity contribution in [1.82, 2.24) is 0 Å². The predicted molar refractivity (Wildman–Crippen MR) is 110 cm³/mol. The molecule has 27 heavy (non-hydrogen) atoms. The van der Waals surface area contributed by atoms with Gasteiger partial charge in [0.15, 0.2) is 0 Å². The van der Waals surface area contributed by atoms with Crippen molar-refractivity contribution in [3.8, 4) is 0 Å². The molecule has 0 radical (unpaired) electrons. The average molecular weight is 381 g/mol. The predicted octanol–water partition coefficient (Wildman–Crippen LogP) is 4.04. The first-order valence-corrected chi connectivity index (χ1v) is 10.2. The Hall–Kier alpha value is -2.37. The fourth-order valence-electron chi connectivity index (χ4n) is 3.08. The summed E-state index contributed by atoms with van der Waals surface area (Å²) in [7, 11) is 0. The number of hydrogen-bond donors (Lipinski definition) is 1. The van der Waals surface area contributed by atoms with Crippen molar-refractivity contribution in [2.24, 2.45) is 0 Å². The van der Waals surface area contributed by atoms with E-state index in [2.05, 4.69) is 6.92 Å². The van der Waals surface area contributed by atoms with Crippen molar-refractivity contribution in [3.63, 3.8) is 0 Å². The van der Waals surface area contributed by atoms with E-state index >= 15 is 0 Å². The highest BCUT2D eigenvalue weighted by Gasteiger charge is 2.39. The number of aliphatic hydroxyl groups is 1. The van der Waals surface area contributed by atoms with Crippen LogP contribution in [-0.4, -0.2) is 29.3 Å². The lowest BCUT2D eigenvalue weighted by Gasteiger charge is -2.15. The molecule has 5 heteroatoms. The lowest BCUT2D eigenvalue weighted by molar-refractivity contribution is -0.119. The highest BCUT2D eigenvalue weighted by molar-refractivity contribution is 8.04. The monoisotopic (exact) mass is 381 g/mol. The first-order chi connectivity index (χ1) is 13.2. The Morgan fingerprint density at radius 2 is 1.67 bits per heavy atom. The molecule has 1 aliphatic rings. The van der Waals surface area contributed by atoms with Gasteiger partial charge < -0.3 is 5.11 Å². The van der Waals surface area contributed by atoms with Gasteiger partial charge in [-0.25, -0.2) is 4.90 Å². The number of aliphatic hydroxyl groups excluding tert-OH is 1. The van der Waals surface area contributed by atoms with Gasteiger partial charge in [0.05, 0.1) is 22.8 Å². The molecule has 1 N–H and O–H groups in total. The molecule has 2 aromatic carbocycles. The molecule has 1 heterocycles. The number of rotatable bonds is 8. The minimum atomic E-state index is -0.321. The maximum atomic E-state index is 13.1. The zero-order chi connectivity index (χ0) is 19.2. The maximum absolute atomic E-state index is 13.1. The van der Waals surface area contributed by atoms with Crippen LogP contribution in [0.3, 0.4) is 0 Å². The third kappa shape index (κ3) is 4.15. The minimum Gasteiger partial charge on any atom is -0.396 e. The van der Waals surface area contributed by atoms with Crippen LogP contribution in [0.1, 0.15) is 30.9 Å². The number of imide groups is 1. The molecule has 2 amide bonds. The topological polar surface area (TPSA) is 57.6 Å². The zero-order valence-corrected chi connectivity index (χ0v) is 16.2. The Bertz CT molecular complexity index is 844. The summed E-state index contributed by atoms with van der Waals surface area (Å²) in [5.41, 5.74) is 2.91. The fraction of sp³-hybridized carbons (Fsp3) is 0.273. The van der Waals surface area contributed by atoms with E-state index in [-0.39, 0.29) is 18.4 Å². The first kappa shape index (κ1) is 19.4. The quantitative estimate of drug-likeness (QED) is 0.701. The van der Waals surface area contributed by atoms with Gasteiger partial charge >= 0.3 is 0 Å². The van der Waals surface area contributed by atoms with E-state index in [4.69, 9.17) is 5.11 Å². The molecule has 0 saturated carbocycles. The Kier molecular flexibility index (Phi) is 6.48. The fourth-order valence-corrected chi connectivity index (χ4v) is 3.94. The number of anilines is 1. The van der Waals surface area contributed by atoms with Crippen molar-refractivity contribution in [2.75, 3.05) is 17.3 Å². The second kappa shape index (κ2) is 9.02. The van der Waals surface area contributed by atoms with Crippen molar-refractivity contribution >= 4 is 34.8 Å². The van der Waals surface area contributed by atoms with E-state index < -0.39 is 0 Å². The van der Waals surface area contributed by atoms with Crippen LogP contribution in [0.25, 0.3) is 5.57 Å². The van der Waals surface area contributed by atoms with E-state index in [1.807, 2.05) is 54.6 Å². The summed E-state index contributed by atoms with van der Waals surface area (Å²) in [6, 6.07) is 16.9. The number of carbonyl (C=O) groups is 2. The second-order valence-corrected chi connectivity index (χ2v) is 7.46. The van der Waals surface area contributed by atoms with Gasteiger partial charge in [-0.3, -0.25) is 9.59 Å². The van der Waals surface area contributed by atoms with Crippen LogP contribution in [0.15, 0.2) is 59.5 Å². The van der Waals surface area contributed by atoms with Gasteiger partial charge in [0, 0.05) is 5.75 Å². The largest absolute Gasteiger partial charge is 0.396 e. The Morgan fingerprint density at radius 1 is 0.963 bits per heavy atom. The number of nitrogens with zero attached hydrogens (tertiary/aromatic N) is 1. The highest BCUT2D eigenvalue weighted by atomic mass is 32.2. The molecule has 0 fully saturated rings.